The molecule has 2 nitrogen and oxygen atoms in total. The Bertz CT molecular complexity index is 627. The highest BCUT2D eigenvalue weighted by Gasteiger charge is 2.21. The Balaban J connectivity index is 2.32. The van der Waals surface area contributed by atoms with E-state index in [0.29, 0.717) is 11.3 Å². The Kier molecular flexibility index (Phi) is 4.29. The first-order valence-electron chi connectivity index (χ1n) is 6.46. The van der Waals surface area contributed by atoms with Crippen molar-refractivity contribution in [2.75, 3.05) is 0 Å². The normalized spacial score (nSPS) is 11.2. The first-order valence-corrected chi connectivity index (χ1v) is 7.25. The van der Waals surface area contributed by atoms with Crippen molar-refractivity contribution in [1.29, 1.82) is 0 Å². The first-order chi connectivity index (χ1) is 9.39. The summed E-state index contributed by atoms with van der Waals surface area (Å²) in [6.45, 7) is 6.29. The van der Waals surface area contributed by atoms with Crippen LogP contribution in [-0.4, -0.2) is 5.97 Å². The van der Waals surface area contributed by atoms with Gasteiger partial charge in [0, 0.05) is 10.0 Å². The average Bonchev–Trinajstić information content (AvgIpc) is 2.38. The van der Waals surface area contributed by atoms with Crippen LogP contribution in [0.25, 0.3) is 0 Å². The Morgan fingerprint density at radius 3 is 2.25 bits per heavy atom. The standard InChI is InChI=1S/C17H17BrO2/c1-17(2,3)13-9-5-7-11-15(13)20-16(19)12-8-4-6-10-14(12)18/h4-11H,1-3H3. The molecule has 0 aliphatic rings. The topological polar surface area (TPSA) is 26.3 Å². The molecule has 0 saturated carbocycles. The molecule has 0 aliphatic carbocycles. The van der Waals surface area contributed by atoms with Gasteiger partial charge in [0.05, 0.1) is 5.56 Å². The second kappa shape index (κ2) is 5.80. The summed E-state index contributed by atoms with van der Waals surface area (Å²) in [5, 5.41) is 0. The molecule has 20 heavy (non-hydrogen) atoms. The average molecular weight is 333 g/mol. The van der Waals surface area contributed by atoms with Gasteiger partial charge in [-0.05, 0) is 39.5 Å². The van der Waals surface area contributed by atoms with Crippen LogP contribution in [0.1, 0.15) is 36.7 Å². The van der Waals surface area contributed by atoms with Gasteiger partial charge in [-0.1, -0.05) is 51.1 Å². The molecule has 0 saturated heterocycles. The monoisotopic (exact) mass is 332 g/mol. The molecule has 104 valence electrons. The molecule has 0 atom stereocenters. The number of ether oxygens (including phenoxy) is 1. The molecule has 3 heteroatoms. The van der Waals surface area contributed by atoms with Crippen LogP contribution in [0, 0.1) is 0 Å². The van der Waals surface area contributed by atoms with E-state index in [1.807, 2.05) is 42.5 Å². The fraction of sp³-hybridized carbons (Fsp3) is 0.235. The van der Waals surface area contributed by atoms with Gasteiger partial charge in [-0.3, -0.25) is 0 Å². The summed E-state index contributed by atoms with van der Waals surface area (Å²) >= 11 is 3.37. The fourth-order valence-corrected chi connectivity index (χ4v) is 2.40. The van der Waals surface area contributed by atoms with E-state index in [9.17, 15) is 4.79 Å². The van der Waals surface area contributed by atoms with Crippen LogP contribution < -0.4 is 4.74 Å². The number of para-hydroxylation sites is 1. The van der Waals surface area contributed by atoms with Gasteiger partial charge < -0.3 is 4.74 Å². The Hall–Kier alpha value is -1.61. The number of rotatable bonds is 2. The first kappa shape index (κ1) is 14.8. The van der Waals surface area contributed by atoms with Gasteiger partial charge in [0.2, 0.25) is 0 Å². The highest BCUT2D eigenvalue weighted by Crippen LogP contribution is 2.31. The number of halogens is 1. The number of carbonyl (C=O) groups is 1. The summed E-state index contributed by atoms with van der Waals surface area (Å²) < 4.78 is 6.30. The summed E-state index contributed by atoms with van der Waals surface area (Å²) in [6, 6.07) is 14.9. The predicted molar refractivity (Wildman–Crippen MR) is 84.2 cm³/mol. The van der Waals surface area contributed by atoms with Crippen molar-refractivity contribution in [3.8, 4) is 5.75 Å². The van der Waals surface area contributed by atoms with Crippen LogP contribution in [-0.2, 0) is 5.41 Å². The number of hydrogen-bond acceptors (Lipinski definition) is 2. The van der Waals surface area contributed by atoms with E-state index in [2.05, 4.69) is 36.7 Å². The quantitative estimate of drug-likeness (QED) is 0.573. The zero-order valence-electron chi connectivity index (χ0n) is 11.8. The van der Waals surface area contributed by atoms with Crippen molar-refractivity contribution >= 4 is 21.9 Å². The van der Waals surface area contributed by atoms with E-state index in [1.54, 1.807) is 6.07 Å². The van der Waals surface area contributed by atoms with E-state index >= 15 is 0 Å². The lowest BCUT2D eigenvalue weighted by atomic mass is 9.86. The summed E-state index contributed by atoms with van der Waals surface area (Å²) in [5.41, 5.74) is 1.46. The predicted octanol–water partition coefficient (Wildman–Crippen LogP) is 4.97. The molecule has 0 bridgehead atoms. The van der Waals surface area contributed by atoms with Crippen LogP contribution in [0.15, 0.2) is 53.0 Å². The lowest BCUT2D eigenvalue weighted by Crippen LogP contribution is -2.16. The molecule has 0 aromatic heterocycles. The summed E-state index contributed by atoms with van der Waals surface area (Å²) in [7, 11) is 0. The molecule has 2 aromatic rings. The molecule has 0 fully saturated rings. The molecule has 0 amide bonds. The number of hydrogen-bond donors (Lipinski definition) is 0. The van der Waals surface area contributed by atoms with Crippen molar-refractivity contribution < 1.29 is 9.53 Å². The van der Waals surface area contributed by atoms with Crippen molar-refractivity contribution in [2.24, 2.45) is 0 Å². The highest BCUT2D eigenvalue weighted by atomic mass is 79.9. The maximum atomic E-state index is 12.3. The maximum Gasteiger partial charge on any atom is 0.344 e. The van der Waals surface area contributed by atoms with Gasteiger partial charge in [-0.25, -0.2) is 4.79 Å². The largest absolute Gasteiger partial charge is 0.423 e. The van der Waals surface area contributed by atoms with Gasteiger partial charge in [0.25, 0.3) is 0 Å². The summed E-state index contributed by atoms with van der Waals surface area (Å²) in [5.74, 6) is 0.259. The van der Waals surface area contributed by atoms with Crippen LogP contribution in [0.2, 0.25) is 0 Å². The molecule has 0 aliphatic heterocycles. The van der Waals surface area contributed by atoms with Crippen molar-refractivity contribution in [3.63, 3.8) is 0 Å². The third-order valence-corrected chi connectivity index (χ3v) is 3.68. The molecule has 0 spiro atoms. The zero-order chi connectivity index (χ0) is 14.8. The van der Waals surface area contributed by atoms with Crippen LogP contribution in [0.5, 0.6) is 5.75 Å². The summed E-state index contributed by atoms with van der Waals surface area (Å²) in [4.78, 5) is 12.3. The van der Waals surface area contributed by atoms with Gasteiger partial charge in [0.15, 0.2) is 0 Å². The molecule has 2 rings (SSSR count). The minimum Gasteiger partial charge on any atom is -0.423 e. The molecular formula is C17H17BrO2. The van der Waals surface area contributed by atoms with E-state index in [4.69, 9.17) is 4.74 Å². The highest BCUT2D eigenvalue weighted by molar-refractivity contribution is 9.10. The van der Waals surface area contributed by atoms with Crippen molar-refractivity contribution in [1.82, 2.24) is 0 Å². The van der Waals surface area contributed by atoms with E-state index in [-0.39, 0.29) is 11.4 Å². The van der Waals surface area contributed by atoms with Crippen molar-refractivity contribution in [3.05, 3.63) is 64.1 Å². The summed E-state index contributed by atoms with van der Waals surface area (Å²) in [6.07, 6.45) is 0. The minimum atomic E-state index is -0.353. The van der Waals surface area contributed by atoms with E-state index < -0.39 is 0 Å². The molecule has 0 radical (unpaired) electrons. The second-order valence-corrected chi connectivity index (χ2v) is 6.47. The molecule has 0 unspecified atom stereocenters. The Labute approximate surface area is 127 Å². The van der Waals surface area contributed by atoms with Crippen LogP contribution in [0.4, 0.5) is 0 Å². The zero-order valence-corrected chi connectivity index (χ0v) is 13.4. The second-order valence-electron chi connectivity index (χ2n) is 5.62. The fourth-order valence-electron chi connectivity index (χ4n) is 1.96. The number of esters is 1. The van der Waals surface area contributed by atoms with Crippen LogP contribution in [0.3, 0.4) is 0 Å². The van der Waals surface area contributed by atoms with Gasteiger partial charge in [0.1, 0.15) is 5.75 Å². The molecule has 0 heterocycles. The van der Waals surface area contributed by atoms with Gasteiger partial charge in [-0.15, -0.1) is 0 Å². The lowest BCUT2D eigenvalue weighted by molar-refractivity contribution is 0.0731. The Morgan fingerprint density at radius 2 is 1.60 bits per heavy atom. The number of benzene rings is 2. The lowest BCUT2D eigenvalue weighted by Gasteiger charge is -2.22. The third-order valence-electron chi connectivity index (χ3n) is 2.99. The van der Waals surface area contributed by atoms with Crippen molar-refractivity contribution in [2.45, 2.75) is 26.2 Å². The van der Waals surface area contributed by atoms with Gasteiger partial charge >= 0.3 is 5.97 Å². The smallest absolute Gasteiger partial charge is 0.344 e. The molecular weight excluding hydrogens is 316 g/mol. The van der Waals surface area contributed by atoms with Gasteiger partial charge in [-0.2, -0.15) is 0 Å². The molecule has 2 aromatic carbocycles. The maximum absolute atomic E-state index is 12.3. The molecule has 0 N–H and O–H groups in total. The SMILES string of the molecule is CC(C)(C)c1ccccc1OC(=O)c1ccccc1Br. The van der Waals surface area contributed by atoms with E-state index in [1.165, 1.54) is 0 Å². The Morgan fingerprint density at radius 1 is 1.00 bits per heavy atom. The third kappa shape index (κ3) is 3.28. The number of carbonyl (C=O) groups excluding carboxylic acids is 1. The van der Waals surface area contributed by atoms with E-state index in [0.717, 1.165) is 10.0 Å². The van der Waals surface area contributed by atoms with Crippen LogP contribution >= 0.6 is 15.9 Å². The minimum absolute atomic E-state index is 0.0786.